The van der Waals surface area contributed by atoms with Gasteiger partial charge in [-0.2, -0.15) is 0 Å². The Morgan fingerprint density at radius 1 is 0.420 bits per heavy atom. The predicted octanol–water partition coefficient (Wildman–Crippen LogP) is 8.90. The fourth-order valence-corrected chi connectivity index (χ4v) is 11.4. The summed E-state index contributed by atoms with van der Waals surface area (Å²) in [6.07, 6.45) is 0. The summed E-state index contributed by atoms with van der Waals surface area (Å²) < 4.78 is 0. The van der Waals surface area contributed by atoms with Crippen molar-refractivity contribution in [2.75, 3.05) is 9.80 Å². The average molecular weight is 655 g/mol. The van der Waals surface area contributed by atoms with E-state index in [1.54, 1.807) is 0 Å². The third-order valence-corrected chi connectivity index (χ3v) is 14.6. The van der Waals surface area contributed by atoms with Crippen LogP contribution in [-0.4, -0.2) is 14.8 Å². The molecule has 2 aliphatic heterocycles. The molecule has 50 heavy (non-hydrogen) atoms. The molecule has 0 bridgehead atoms. The number of benzene rings is 8. The van der Waals surface area contributed by atoms with E-state index in [0.717, 1.165) is 0 Å². The highest BCUT2D eigenvalue weighted by atomic mass is 28.3. The Morgan fingerprint density at radius 2 is 0.900 bits per heavy atom. The summed E-state index contributed by atoms with van der Waals surface area (Å²) >= 11 is 0. The van der Waals surface area contributed by atoms with Gasteiger partial charge in [-0.15, -0.1) is 0 Å². The van der Waals surface area contributed by atoms with Gasteiger partial charge in [0.05, 0.1) is 0 Å². The second kappa shape index (κ2) is 11.1. The molecule has 0 radical (unpaired) electrons. The molecule has 0 aliphatic carbocycles. The summed E-state index contributed by atoms with van der Waals surface area (Å²) in [5.41, 5.74) is 11.6. The minimum Gasteiger partial charge on any atom is -0.311 e. The van der Waals surface area contributed by atoms with Gasteiger partial charge in [0, 0.05) is 44.9 Å². The highest BCUT2D eigenvalue weighted by Crippen LogP contribution is 2.47. The van der Waals surface area contributed by atoms with Crippen LogP contribution in [0.3, 0.4) is 0 Å². The van der Waals surface area contributed by atoms with Crippen LogP contribution >= 0.6 is 0 Å². The number of fused-ring (bicyclic) bond motifs is 8. The first kappa shape index (κ1) is 29.1. The Labute approximate surface area is 295 Å². The average Bonchev–Trinajstić information content (AvgIpc) is 3.18. The Hall–Kier alpha value is -5.84. The molecular formula is C46H35BN2Si. The van der Waals surface area contributed by atoms with Gasteiger partial charge in [-0.05, 0) is 62.7 Å². The first-order chi connectivity index (χ1) is 24.6. The van der Waals surface area contributed by atoms with Crippen molar-refractivity contribution in [2.24, 2.45) is 0 Å². The van der Waals surface area contributed by atoms with Gasteiger partial charge >= 0.3 is 0 Å². The van der Waals surface area contributed by atoms with Crippen LogP contribution in [0.25, 0.3) is 21.5 Å². The normalized spacial score (nSPS) is 13.3. The number of anilines is 6. The van der Waals surface area contributed by atoms with Crippen molar-refractivity contribution in [3.63, 3.8) is 0 Å². The lowest BCUT2D eigenvalue weighted by atomic mass is 9.33. The van der Waals surface area contributed by atoms with Gasteiger partial charge in [0.2, 0.25) is 0 Å². The molecule has 0 spiro atoms. The van der Waals surface area contributed by atoms with Crippen molar-refractivity contribution in [3.05, 3.63) is 176 Å². The van der Waals surface area contributed by atoms with E-state index in [1.807, 2.05) is 0 Å². The highest BCUT2D eigenvalue weighted by Gasteiger charge is 2.47. The van der Waals surface area contributed by atoms with Crippen LogP contribution in [-0.2, 0) is 0 Å². The number of para-hydroxylation sites is 2. The third-order valence-electron chi connectivity index (χ3n) is 11.1. The topological polar surface area (TPSA) is 6.48 Å². The monoisotopic (exact) mass is 654 g/mol. The molecule has 0 amide bonds. The van der Waals surface area contributed by atoms with Crippen molar-refractivity contribution in [1.82, 2.24) is 0 Å². The third kappa shape index (κ3) is 4.15. The molecule has 236 valence electrons. The first-order valence-electron chi connectivity index (χ1n) is 17.6. The van der Waals surface area contributed by atoms with Crippen molar-refractivity contribution in [2.45, 2.75) is 13.1 Å². The molecule has 4 heteroatoms. The molecule has 10 rings (SSSR count). The molecule has 0 aromatic heterocycles. The summed E-state index contributed by atoms with van der Waals surface area (Å²) in [4.78, 5) is 5.16. The molecular weight excluding hydrogens is 619 g/mol. The fourth-order valence-electron chi connectivity index (χ4n) is 8.73. The molecule has 2 aliphatic rings. The van der Waals surface area contributed by atoms with Crippen LogP contribution in [0.5, 0.6) is 0 Å². The van der Waals surface area contributed by atoms with Gasteiger partial charge in [-0.1, -0.05) is 164 Å². The fraction of sp³-hybridized carbons (Fsp3) is 0.0435. The van der Waals surface area contributed by atoms with E-state index in [0.29, 0.717) is 0 Å². The van der Waals surface area contributed by atoms with Gasteiger partial charge in [-0.3, -0.25) is 0 Å². The quantitative estimate of drug-likeness (QED) is 0.175. The molecule has 0 saturated carbocycles. The summed E-state index contributed by atoms with van der Waals surface area (Å²) in [5.74, 6) is 0. The largest absolute Gasteiger partial charge is 0.311 e. The second-order valence-corrected chi connectivity index (χ2v) is 18.5. The van der Waals surface area contributed by atoms with Crippen LogP contribution in [0.1, 0.15) is 0 Å². The maximum atomic E-state index is 2.62. The predicted molar refractivity (Wildman–Crippen MR) is 219 cm³/mol. The smallest absolute Gasteiger partial charge is 0.252 e. The Bertz CT molecular complexity index is 2570. The molecule has 2 nitrogen and oxygen atoms in total. The number of hydrogen-bond acceptors (Lipinski definition) is 2. The molecule has 0 unspecified atom stereocenters. The Morgan fingerprint density at radius 3 is 1.48 bits per heavy atom. The van der Waals surface area contributed by atoms with Gasteiger partial charge in [-0.25, -0.2) is 0 Å². The van der Waals surface area contributed by atoms with Crippen LogP contribution in [0.2, 0.25) is 13.1 Å². The maximum Gasteiger partial charge on any atom is 0.252 e. The van der Waals surface area contributed by atoms with Crippen LogP contribution in [0.4, 0.5) is 34.1 Å². The summed E-state index contributed by atoms with van der Waals surface area (Å²) in [6.45, 7) is 5.10. The van der Waals surface area contributed by atoms with E-state index in [9.17, 15) is 0 Å². The second-order valence-electron chi connectivity index (χ2n) is 14.1. The Balaban J connectivity index is 1.41. The van der Waals surface area contributed by atoms with Gasteiger partial charge in [0.15, 0.2) is 0 Å². The zero-order chi connectivity index (χ0) is 33.4. The summed E-state index contributed by atoms with van der Waals surface area (Å²) in [6, 6.07) is 65.4. The molecule has 0 fully saturated rings. The SMILES string of the molecule is C[Si](C)(c1ccccc1)c1ccc2c3c1N(c1ccccc1)c1c(ccc4ccccc14)B3c1ccc3ccccc3c1N2c1ccccc1. The zero-order valence-corrected chi connectivity index (χ0v) is 29.2. The van der Waals surface area contributed by atoms with Crippen LogP contribution in [0.15, 0.2) is 176 Å². The number of nitrogens with zero attached hydrogens (tertiary/aromatic N) is 2. The first-order valence-corrected chi connectivity index (χ1v) is 20.6. The maximum absolute atomic E-state index is 2.62. The van der Waals surface area contributed by atoms with E-state index in [-0.39, 0.29) is 6.71 Å². The van der Waals surface area contributed by atoms with Gasteiger partial charge in [0.25, 0.3) is 6.71 Å². The van der Waals surface area contributed by atoms with Crippen molar-refractivity contribution >= 4 is 97.2 Å². The highest BCUT2D eigenvalue weighted by molar-refractivity contribution is 7.04. The van der Waals surface area contributed by atoms with Crippen molar-refractivity contribution in [3.8, 4) is 0 Å². The summed E-state index contributed by atoms with van der Waals surface area (Å²) in [7, 11) is -2.24. The zero-order valence-electron chi connectivity index (χ0n) is 28.2. The van der Waals surface area contributed by atoms with Gasteiger partial charge < -0.3 is 9.80 Å². The minimum atomic E-state index is -2.24. The van der Waals surface area contributed by atoms with Crippen LogP contribution in [0, 0.1) is 0 Å². The van der Waals surface area contributed by atoms with Crippen molar-refractivity contribution in [1.29, 1.82) is 0 Å². The molecule has 0 saturated heterocycles. The standard InChI is InChI=1S/C46H35BN2Si/c1-50(2,36-22-10-5-11-23-36)42-31-30-41-43-46(42)49(35-20-8-4-9-21-35)45-38-25-15-13-17-33(38)27-29-40(45)47(43)39-28-26-32-16-12-14-24-37(32)44(39)48(41)34-18-6-3-7-19-34/h3-31H,1-2H3. The molecule has 2 heterocycles. The lowest BCUT2D eigenvalue weighted by Gasteiger charge is -2.47. The van der Waals surface area contributed by atoms with E-state index >= 15 is 0 Å². The lowest BCUT2D eigenvalue weighted by Crippen LogP contribution is -2.65. The Kier molecular flexibility index (Phi) is 6.46. The molecule has 8 aromatic carbocycles. The van der Waals surface area contributed by atoms with Crippen molar-refractivity contribution < 1.29 is 0 Å². The minimum absolute atomic E-state index is 0.0552. The molecule has 0 N–H and O–H groups in total. The van der Waals surface area contributed by atoms with E-state index < -0.39 is 8.07 Å². The summed E-state index contributed by atoms with van der Waals surface area (Å²) in [5, 5.41) is 7.96. The van der Waals surface area contributed by atoms with Gasteiger partial charge in [0.1, 0.15) is 8.07 Å². The molecule has 8 aromatic rings. The van der Waals surface area contributed by atoms with E-state index in [2.05, 4.69) is 199 Å². The lowest BCUT2D eigenvalue weighted by molar-refractivity contribution is 1.27. The van der Waals surface area contributed by atoms with Crippen LogP contribution < -0.4 is 36.6 Å². The number of hydrogen-bond donors (Lipinski definition) is 0. The van der Waals surface area contributed by atoms with E-state index in [1.165, 1.54) is 82.4 Å². The molecule has 0 atom stereocenters. The van der Waals surface area contributed by atoms with E-state index in [4.69, 9.17) is 0 Å². The number of rotatable bonds is 4.